The number of carboxylic acids is 1. The monoisotopic (exact) mass is 378 g/mol. The zero-order valence-electron chi connectivity index (χ0n) is 16.4. The summed E-state index contributed by atoms with van der Waals surface area (Å²) in [5, 5.41) is 17.0. The van der Waals surface area contributed by atoms with E-state index in [9.17, 15) is 9.90 Å². The molecule has 0 saturated heterocycles. The predicted octanol–water partition coefficient (Wildman–Crippen LogP) is 4.85. The van der Waals surface area contributed by atoms with Crippen LogP contribution in [0.15, 0.2) is 48.5 Å². The molecule has 0 saturated carbocycles. The van der Waals surface area contributed by atoms with E-state index in [1.54, 1.807) is 19.2 Å². The van der Waals surface area contributed by atoms with E-state index in [2.05, 4.69) is 29.3 Å². The van der Waals surface area contributed by atoms with Crippen LogP contribution in [0.1, 0.15) is 52.6 Å². The van der Waals surface area contributed by atoms with Crippen LogP contribution in [0.25, 0.3) is 11.1 Å². The number of carbonyl (C=O) groups is 1. The fourth-order valence-electron chi connectivity index (χ4n) is 3.40. The first-order valence-electron chi connectivity index (χ1n) is 9.59. The van der Waals surface area contributed by atoms with E-state index in [1.165, 1.54) is 5.56 Å². The number of H-pyrrole nitrogens is 1. The molecule has 5 nitrogen and oxygen atoms in total. The highest BCUT2D eigenvalue weighted by molar-refractivity contribution is 5.95. The van der Waals surface area contributed by atoms with Crippen LogP contribution in [0, 0.1) is 0 Å². The van der Waals surface area contributed by atoms with Gasteiger partial charge in [0.25, 0.3) is 0 Å². The Morgan fingerprint density at radius 3 is 2.57 bits per heavy atom. The van der Waals surface area contributed by atoms with Gasteiger partial charge in [0, 0.05) is 19.1 Å². The van der Waals surface area contributed by atoms with Gasteiger partial charge in [-0.1, -0.05) is 55.8 Å². The van der Waals surface area contributed by atoms with E-state index in [0.29, 0.717) is 12.2 Å². The summed E-state index contributed by atoms with van der Waals surface area (Å²) in [7, 11) is 1.69. The lowest BCUT2D eigenvalue weighted by molar-refractivity contribution is 0.0697. The Kier molecular flexibility index (Phi) is 6.61. The zero-order chi connectivity index (χ0) is 19.9. The number of hydrogen-bond acceptors (Lipinski definition) is 3. The molecule has 0 fully saturated rings. The Morgan fingerprint density at radius 2 is 1.89 bits per heavy atom. The SMILES string of the molecule is CCCCc1n[nH]c(COC)c1Cc1ccc(-c2ccccc2C(=O)O)cc1. The number of aromatic nitrogens is 2. The maximum Gasteiger partial charge on any atom is 0.336 e. The molecule has 1 aromatic heterocycles. The number of aromatic amines is 1. The van der Waals surface area contributed by atoms with Gasteiger partial charge in [0.05, 0.1) is 23.6 Å². The number of nitrogens with zero attached hydrogens (tertiary/aromatic N) is 1. The Balaban J connectivity index is 1.85. The maximum atomic E-state index is 11.5. The highest BCUT2D eigenvalue weighted by Crippen LogP contribution is 2.26. The molecule has 0 bridgehead atoms. The summed E-state index contributed by atoms with van der Waals surface area (Å²) in [6.45, 7) is 2.69. The molecule has 0 aliphatic rings. The second-order valence-corrected chi connectivity index (χ2v) is 6.89. The van der Waals surface area contributed by atoms with Crippen LogP contribution in [0.4, 0.5) is 0 Å². The van der Waals surface area contributed by atoms with Crippen molar-refractivity contribution >= 4 is 5.97 Å². The predicted molar refractivity (Wildman–Crippen MR) is 110 cm³/mol. The van der Waals surface area contributed by atoms with Gasteiger partial charge >= 0.3 is 5.97 Å². The quantitative estimate of drug-likeness (QED) is 0.558. The minimum Gasteiger partial charge on any atom is -0.478 e. The van der Waals surface area contributed by atoms with Gasteiger partial charge in [-0.2, -0.15) is 5.10 Å². The van der Waals surface area contributed by atoms with Crippen LogP contribution in [-0.2, 0) is 24.2 Å². The molecule has 0 unspecified atom stereocenters. The number of nitrogens with one attached hydrogen (secondary N) is 1. The van der Waals surface area contributed by atoms with Crippen molar-refractivity contribution < 1.29 is 14.6 Å². The molecule has 0 atom stereocenters. The van der Waals surface area contributed by atoms with Gasteiger partial charge in [0.2, 0.25) is 0 Å². The molecular formula is C23H26N2O3. The number of benzene rings is 2. The lowest BCUT2D eigenvalue weighted by Crippen LogP contribution is -2.00. The normalized spacial score (nSPS) is 10.9. The van der Waals surface area contributed by atoms with Gasteiger partial charge in [-0.05, 0) is 35.6 Å². The molecule has 28 heavy (non-hydrogen) atoms. The summed E-state index contributed by atoms with van der Waals surface area (Å²) in [6, 6.07) is 15.2. The van der Waals surface area contributed by atoms with E-state index in [1.807, 2.05) is 24.3 Å². The fourth-order valence-corrected chi connectivity index (χ4v) is 3.40. The maximum absolute atomic E-state index is 11.5. The second kappa shape index (κ2) is 9.33. The molecule has 0 amide bonds. The lowest BCUT2D eigenvalue weighted by atomic mass is 9.96. The zero-order valence-corrected chi connectivity index (χ0v) is 16.4. The number of hydrogen-bond donors (Lipinski definition) is 2. The summed E-state index contributed by atoms with van der Waals surface area (Å²) in [5.41, 5.74) is 6.44. The molecule has 146 valence electrons. The molecule has 0 spiro atoms. The molecule has 2 N–H and O–H groups in total. The van der Waals surface area contributed by atoms with E-state index in [0.717, 1.165) is 53.8 Å². The molecule has 0 aliphatic carbocycles. The molecule has 0 radical (unpaired) electrons. The molecule has 3 rings (SSSR count). The van der Waals surface area contributed by atoms with Crippen LogP contribution in [0.3, 0.4) is 0 Å². The van der Waals surface area contributed by atoms with Crippen molar-refractivity contribution in [2.75, 3.05) is 7.11 Å². The number of carboxylic acid groups (broad SMARTS) is 1. The molecular weight excluding hydrogens is 352 g/mol. The minimum absolute atomic E-state index is 0.314. The minimum atomic E-state index is -0.914. The summed E-state index contributed by atoms with van der Waals surface area (Å²) < 4.78 is 5.31. The van der Waals surface area contributed by atoms with Gasteiger partial charge in [-0.15, -0.1) is 0 Å². The largest absolute Gasteiger partial charge is 0.478 e. The van der Waals surface area contributed by atoms with Gasteiger partial charge in [-0.3, -0.25) is 5.10 Å². The number of methoxy groups -OCH3 is 1. The van der Waals surface area contributed by atoms with Crippen LogP contribution >= 0.6 is 0 Å². The van der Waals surface area contributed by atoms with Crippen molar-refractivity contribution in [3.05, 3.63) is 76.6 Å². The van der Waals surface area contributed by atoms with Crippen molar-refractivity contribution in [1.82, 2.24) is 10.2 Å². The highest BCUT2D eigenvalue weighted by Gasteiger charge is 2.14. The van der Waals surface area contributed by atoms with Crippen molar-refractivity contribution in [2.24, 2.45) is 0 Å². The lowest BCUT2D eigenvalue weighted by Gasteiger charge is -2.09. The third kappa shape index (κ3) is 4.49. The van der Waals surface area contributed by atoms with Gasteiger partial charge in [-0.25, -0.2) is 4.79 Å². The second-order valence-electron chi connectivity index (χ2n) is 6.89. The third-order valence-electron chi connectivity index (χ3n) is 4.90. The van der Waals surface area contributed by atoms with Gasteiger partial charge in [0.1, 0.15) is 0 Å². The number of unbranched alkanes of at least 4 members (excludes halogenated alkanes) is 1. The molecule has 2 aromatic carbocycles. The first-order valence-corrected chi connectivity index (χ1v) is 9.59. The average Bonchev–Trinajstić information content (AvgIpc) is 3.08. The summed E-state index contributed by atoms with van der Waals surface area (Å²) >= 11 is 0. The average molecular weight is 378 g/mol. The number of aryl methyl sites for hydroxylation is 1. The van der Waals surface area contributed by atoms with Crippen LogP contribution < -0.4 is 0 Å². The summed E-state index contributed by atoms with van der Waals surface area (Å²) in [6.07, 6.45) is 3.96. The highest BCUT2D eigenvalue weighted by atomic mass is 16.5. The Morgan fingerprint density at radius 1 is 1.14 bits per heavy atom. The Labute approximate surface area is 165 Å². The molecule has 1 heterocycles. The number of ether oxygens (including phenoxy) is 1. The van der Waals surface area contributed by atoms with E-state index in [-0.39, 0.29) is 0 Å². The fraction of sp³-hybridized carbons (Fsp3) is 0.304. The third-order valence-corrected chi connectivity index (χ3v) is 4.90. The van der Waals surface area contributed by atoms with Crippen LogP contribution in [0.5, 0.6) is 0 Å². The van der Waals surface area contributed by atoms with Gasteiger partial charge in [0.15, 0.2) is 0 Å². The topological polar surface area (TPSA) is 75.2 Å². The van der Waals surface area contributed by atoms with Crippen LogP contribution in [-0.4, -0.2) is 28.4 Å². The number of aromatic carboxylic acids is 1. The van der Waals surface area contributed by atoms with Crippen molar-refractivity contribution in [3.8, 4) is 11.1 Å². The van der Waals surface area contributed by atoms with Crippen LogP contribution in [0.2, 0.25) is 0 Å². The molecule has 0 aliphatic heterocycles. The van der Waals surface area contributed by atoms with Crippen molar-refractivity contribution in [3.63, 3.8) is 0 Å². The molecule has 5 heteroatoms. The Bertz CT molecular complexity index is 929. The van der Waals surface area contributed by atoms with E-state index in [4.69, 9.17) is 4.74 Å². The number of rotatable bonds is 9. The standard InChI is InChI=1S/C23H26N2O3/c1-3-4-9-21-20(22(15-28-2)25-24-21)14-16-10-12-17(13-11-16)18-7-5-6-8-19(18)23(26)27/h5-8,10-13H,3-4,9,14-15H2,1-2H3,(H,24,25)(H,26,27). The first kappa shape index (κ1) is 19.8. The van der Waals surface area contributed by atoms with Crippen molar-refractivity contribution in [2.45, 2.75) is 39.2 Å². The summed E-state index contributed by atoms with van der Waals surface area (Å²) in [4.78, 5) is 11.5. The molecule has 3 aromatic rings. The summed E-state index contributed by atoms with van der Waals surface area (Å²) in [5.74, 6) is -0.914. The van der Waals surface area contributed by atoms with Gasteiger partial charge < -0.3 is 9.84 Å². The Hall–Kier alpha value is -2.92. The smallest absolute Gasteiger partial charge is 0.336 e. The van der Waals surface area contributed by atoms with E-state index >= 15 is 0 Å². The van der Waals surface area contributed by atoms with Crippen molar-refractivity contribution in [1.29, 1.82) is 0 Å². The first-order chi connectivity index (χ1) is 13.6. The van der Waals surface area contributed by atoms with E-state index < -0.39 is 5.97 Å².